The number of ether oxygens (including phenoxy) is 1. The molecule has 0 N–H and O–H groups in total. The summed E-state index contributed by atoms with van der Waals surface area (Å²) in [5.41, 5.74) is 1.73. The van der Waals surface area contributed by atoms with Gasteiger partial charge in [-0.25, -0.2) is 4.98 Å². The Morgan fingerprint density at radius 3 is 2.96 bits per heavy atom. The number of fused-ring (bicyclic) bond motifs is 1. The molecule has 2 aromatic carbocycles. The van der Waals surface area contributed by atoms with Gasteiger partial charge in [0, 0.05) is 23.5 Å². The van der Waals surface area contributed by atoms with Crippen LogP contribution in [0, 0.1) is 5.92 Å². The van der Waals surface area contributed by atoms with Gasteiger partial charge in [0.2, 0.25) is 5.91 Å². The Bertz CT molecular complexity index is 969. The molecule has 0 unspecified atom stereocenters. The van der Waals surface area contributed by atoms with Crippen LogP contribution in [0.5, 0.6) is 0 Å². The third-order valence-electron chi connectivity index (χ3n) is 4.50. The van der Waals surface area contributed by atoms with E-state index >= 15 is 0 Å². The first kappa shape index (κ1) is 18.0. The van der Waals surface area contributed by atoms with Crippen LogP contribution in [0.25, 0.3) is 10.2 Å². The number of carbonyl (C=O) groups is 2. The fourth-order valence-corrected chi connectivity index (χ4v) is 4.46. The van der Waals surface area contributed by atoms with Crippen molar-refractivity contribution in [1.82, 2.24) is 4.98 Å². The lowest BCUT2D eigenvalue weighted by Crippen LogP contribution is -2.26. The van der Waals surface area contributed by atoms with Gasteiger partial charge in [-0.3, -0.25) is 9.59 Å². The fourth-order valence-electron chi connectivity index (χ4n) is 3.13. The Kier molecular flexibility index (Phi) is 5.13. The maximum absolute atomic E-state index is 12.5. The van der Waals surface area contributed by atoms with Crippen LogP contribution in [0.1, 0.15) is 11.4 Å². The smallest absolute Gasteiger partial charge is 0.311 e. The molecule has 0 radical (unpaired) electrons. The van der Waals surface area contributed by atoms with E-state index in [-0.39, 0.29) is 24.9 Å². The van der Waals surface area contributed by atoms with Crippen molar-refractivity contribution >= 4 is 50.9 Å². The molecular formula is C20H18N2O3S2. The average molecular weight is 399 g/mol. The molecule has 0 saturated carbocycles. The molecule has 0 spiro atoms. The molecule has 7 heteroatoms. The van der Waals surface area contributed by atoms with E-state index in [1.165, 1.54) is 11.3 Å². The predicted octanol–water partition coefficient (Wildman–Crippen LogP) is 4.11. The van der Waals surface area contributed by atoms with Crippen molar-refractivity contribution in [2.75, 3.05) is 17.7 Å². The summed E-state index contributed by atoms with van der Waals surface area (Å²) in [5.74, 6) is -0.828. The molecule has 138 valence electrons. The number of nitrogens with zero attached hydrogens (tertiary/aromatic N) is 2. The number of rotatable bonds is 5. The minimum atomic E-state index is -0.440. The topological polar surface area (TPSA) is 59.5 Å². The molecular weight excluding hydrogens is 380 g/mol. The number of thioether (sulfide) groups is 1. The number of amides is 1. The van der Waals surface area contributed by atoms with Gasteiger partial charge in [0.1, 0.15) is 11.6 Å². The monoisotopic (exact) mass is 398 g/mol. The summed E-state index contributed by atoms with van der Waals surface area (Å²) in [6.45, 7) is 0.500. The molecule has 1 saturated heterocycles. The zero-order valence-electron chi connectivity index (χ0n) is 14.8. The highest BCUT2D eigenvalue weighted by Gasteiger charge is 2.36. The third-order valence-corrected chi connectivity index (χ3v) is 6.23. The molecule has 1 aliphatic heterocycles. The second-order valence-corrected chi connectivity index (χ2v) is 8.28. The molecule has 1 atom stereocenters. The zero-order valence-corrected chi connectivity index (χ0v) is 16.4. The molecule has 27 heavy (non-hydrogen) atoms. The molecule has 5 nitrogen and oxygen atoms in total. The number of hydrogen-bond acceptors (Lipinski definition) is 6. The van der Waals surface area contributed by atoms with Crippen molar-refractivity contribution in [2.45, 2.75) is 17.9 Å². The molecule has 0 bridgehead atoms. The maximum atomic E-state index is 12.5. The van der Waals surface area contributed by atoms with E-state index in [1.807, 2.05) is 54.8 Å². The highest BCUT2D eigenvalue weighted by Crippen LogP contribution is 2.29. The van der Waals surface area contributed by atoms with Gasteiger partial charge in [-0.15, -0.1) is 23.1 Å². The summed E-state index contributed by atoms with van der Waals surface area (Å²) in [5, 5.41) is 0.762. The second-order valence-electron chi connectivity index (χ2n) is 6.29. The van der Waals surface area contributed by atoms with Gasteiger partial charge in [-0.2, -0.15) is 0 Å². The summed E-state index contributed by atoms with van der Waals surface area (Å²) in [6, 6.07) is 15.6. The lowest BCUT2D eigenvalue weighted by atomic mass is 10.1. The van der Waals surface area contributed by atoms with Crippen molar-refractivity contribution in [2.24, 2.45) is 5.92 Å². The van der Waals surface area contributed by atoms with Crippen LogP contribution >= 0.6 is 23.1 Å². The first-order valence-corrected chi connectivity index (χ1v) is 10.6. The minimum absolute atomic E-state index is 0.0461. The van der Waals surface area contributed by atoms with Crippen molar-refractivity contribution in [3.63, 3.8) is 0 Å². The van der Waals surface area contributed by atoms with Gasteiger partial charge >= 0.3 is 5.97 Å². The van der Waals surface area contributed by atoms with Gasteiger partial charge < -0.3 is 9.64 Å². The molecule has 1 aliphatic rings. The average Bonchev–Trinajstić information content (AvgIpc) is 3.29. The largest absolute Gasteiger partial charge is 0.458 e. The van der Waals surface area contributed by atoms with Gasteiger partial charge in [-0.1, -0.05) is 18.2 Å². The van der Waals surface area contributed by atoms with E-state index in [0.717, 1.165) is 25.8 Å². The van der Waals surface area contributed by atoms with Gasteiger partial charge in [0.25, 0.3) is 0 Å². The highest BCUT2D eigenvalue weighted by atomic mass is 32.2. The van der Waals surface area contributed by atoms with E-state index in [0.29, 0.717) is 6.54 Å². The van der Waals surface area contributed by atoms with Crippen LogP contribution in [0.4, 0.5) is 5.69 Å². The number of aromatic nitrogens is 1. The van der Waals surface area contributed by atoms with E-state index in [2.05, 4.69) is 4.98 Å². The predicted molar refractivity (Wildman–Crippen MR) is 108 cm³/mol. The molecule has 1 amide bonds. The normalized spacial score (nSPS) is 16.9. The minimum Gasteiger partial charge on any atom is -0.458 e. The van der Waals surface area contributed by atoms with Crippen LogP contribution in [-0.2, 0) is 20.9 Å². The SMILES string of the molecule is CSc1cccc(N2C[C@@H](C(=O)OCc3nc4ccccc4s3)CC2=O)c1. The van der Waals surface area contributed by atoms with Crippen LogP contribution < -0.4 is 4.90 Å². The second kappa shape index (κ2) is 7.70. The first-order valence-electron chi connectivity index (χ1n) is 8.59. The number of thiazole rings is 1. The Morgan fingerprint density at radius 2 is 2.15 bits per heavy atom. The fraction of sp³-hybridized carbons (Fsp3) is 0.250. The van der Waals surface area contributed by atoms with Crippen molar-refractivity contribution in [3.05, 3.63) is 53.5 Å². The number of esters is 1. The van der Waals surface area contributed by atoms with E-state index < -0.39 is 5.92 Å². The van der Waals surface area contributed by atoms with E-state index in [4.69, 9.17) is 4.74 Å². The summed E-state index contributed by atoms with van der Waals surface area (Å²) in [7, 11) is 0. The van der Waals surface area contributed by atoms with Gasteiger partial charge in [-0.05, 0) is 36.6 Å². The molecule has 3 aromatic rings. The van der Waals surface area contributed by atoms with Crippen molar-refractivity contribution < 1.29 is 14.3 Å². The lowest BCUT2D eigenvalue weighted by molar-refractivity contribution is -0.149. The molecule has 1 fully saturated rings. The van der Waals surface area contributed by atoms with E-state index in [1.54, 1.807) is 16.7 Å². The van der Waals surface area contributed by atoms with Crippen LogP contribution in [0.15, 0.2) is 53.4 Å². The Labute approximate surface area is 165 Å². The van der Waals surface area contributed by atoms with Crippen LogP contribution in [0.2, 0.25) is 0 Å². The Balaban J connectivity index is 1.40. The summed E-state index contributed by atoms with van der Waals surface area (Å²) in [4.78, 5) is 32.1. The molecule has 4 rings (SSSR count). The summed E-state index contributed by atoms with van der Waals surface area (Å²) in [6.07, 6.45) is 2.18. The summed E-state index contributed by atoms with van der Waals surface area (Å²) < 4.78 is 6.51. The lowest BCUT2D eigenvalue weighted by Gasteiger charge is -2.17. The number of benzene rings is 2. The highest BCUT2D eigenvalue weighted by molar-refractivity contribution is 7.98. The molecule has 2 heterocycles. The zero-order chi connectivity index (χ0) is 18.8. The molecule has 0 aliphatic carbocycles. The Morgan fingerprint density at radius 1 is 1.30 bits per heavy atom. The first-order chi connectivity index (χ1) is 13.1. The van der Waals surface area contributed by atoms with Gasteiger partial charge in [0.15, 0.2) is 0 Å². The standard InChI is InChI=1S/C20H18N2O3S2/c1-26-15-6-4-5-14(10-15)22-11-13(9-19(22)23)20(24)25-12-18-21-16-7-2-3-8-17(16)27-18/h2-8,10,13H,9,11-12H2,1H3/t13-/m0/s1. The maximum Gasteiger partial charge on any atom is 0.311 e. The quantitative estimate of drug-likeness (QED) is 0.478. The van der Waals surface area contributed by atoms with Crippen molar-refractivity contribution in [3.8, 4) is 0 Å². The number of para-hydroxylation sites is 1. The Hall–Kier alpha value is -2.38. The third kappa shape index (κ3) is 3.84. The summed E-state index contributed by atoms with van der Waals surface area (Å²) >= 11 is 3.14. The van der Waals surface area contributed by atoms with Gasteiger partial charge in [0.05, 0.1) is 16.1 Å². The van der Waals surface area contributed by atoms with E-state index in [9.17, 15) is 9.59 Å². The number of hydrogen-bond donors (Lipinski definition) is 0. The number of carbonyl (C=O) groups excluding carboxylic acids is 2. The van der Waals surface area contributed by atoms with Crippen LogP contribution in [-0.4, -0.2) is 29.7 Å². The van der Waals surface area contributed by atoms with Crippen molar-refractivity contribution in [1.29, 1.82) is 0 Å². The molecule has 1 aromatic heterocycles. The number of anilines is 1. The van der Waals surface area contributed by atoms with Crippen LogP contribution in [0.3, 0.4) is 0 Å².